The van der Waals surface area contributed by atoms with Gasteiger partial charge in [-0.1, -0.05) is 27.5 Å². The molecule has 0 radical (unpaired) electrons. The summed E-state index contributed by atoms with van der Waals surface area (Å²) in [6.07, 6.45) is -3.40. The van der Waals surface area contributed by atoms with Crippen LogP contribution in [0.2, 0.25) is 5.02 Å². The average molecular weight is 382 g/mol. The molecule has 2 aromatic rings. The van der Waals surface area contributed by atoms with Crippen LogP contribution in [0.5, 0.6) is 0 Å². The molecule has 112 valence electrons. The molecule has 0 amide bonds. The van der Waals surface area contributed by atoms with E-state index < -0.39 is 23.1 Å². The van der Waals surface area contributed by atoms with E-state index >= 15 is 0 Å². The maximum atomic E-state index is 13.1. The van der Waals surface area contributed by atoms with Crippen LogP contribution < -0.4 is 0 Å². The van der Waals surface area contributed by atoms with E-state index in [1.165, 1.54) is 16.9 Å². The molecule has 0 unspecified atom stereocenters. The van der Waals surface area contributed by atoms with Gasteiger partial charge in [0.15, 0.2) is 0 Å². The first-order chi connectivity index (χ1) is 9.75. The predicted molar refractivity (Wildman–Crippen MR) is 75.5 cm³/mol. The minimum Gasteiger partial charge on any atom is -0.287 e. The maximum absolute atomic E-state index is 13.1. The van der Waals surface area contributed by atoms with Gasteiger partial charge in [0.2, 0.25) is 5.78 Å². The van der Waals surface area contributed by atoms with Gasteiger partial charge in [-0.3, -0.25) is 9.48 Å². The summed E-state index contributed by atoms with van der Waals surface area (Å²) in [6, 6.07) is 3.37. The molecule has 0 saturated carbocycles. The van der Waals surface area contributed by atoms with Gasteiger partial charge in [0.1, 0.15) is 5.69 Å². The van der Waals surface area contributed by atoms with Gasteiger partial charge in [0.05, 0.1) is 16.8 Å². The van der Waals surface area contributed by atoms with E-state index in [0.29, 0.717) is 6.54 Å². The molecule has 1 aromatic heterocycles. The van der Waals surface area contributed by atoms with E-state index in [0.717, 1.165) is 12.1 Å². The highest BCUT2D eigenvalue weighted by Gasteiger charge is 2.36. The van der Waals surface area contributed by atoms with Crippen molar-refractivity contribution in [1.29, 1.82) is 0 Å². The Balaban J connectivity index is 2.61. The summed E-state index contributed by atoms with van der Waals surface area (Å²) < 4.78 is 40.8. The van der Waals surface area contributed by atoms with Crippen molar-refractivity contribution in [2.45, 2.75) is 19.6 Å². The second-order valence-electron chi connectivity index (χ2n) is 4.17. The highest BCUT2D eigenvalue weighted by Crippen LogP contribution is 2.35. The summed E-state index contributed by atoms with van der Waals surface area (Å²) in [5, 5.41) is 3.89. The number of aryl methyl sites for hydroxylation is 1. The first-order valence-electron chi connectivity index (χ1n) is 5.88. The summed E-state index contributed by atoms with van der Waals surface area (Å²) in [4.78, 5) is 12.4. The van der Waals surface area contributed by atoms with E-state index in [4.69, 9.17) is 11.6 Å². The largest absolute Gasteiger partial charge is 0.417 e. The summed E-state index contributed by atoms with van der Waals surface area (Å²) in [5.41, 5.74) is -1.52. The van der Waals surface area contributed by atoms with Gasteiger partial charge in [-0.25, -0.2) is 0 Å². The maximum Gasteiger partial charge on any atom is 0.417 e. The normalized spacial score (nSPS) is 11.7. The smallest absolute Gasteiger partial charge is 0.287 e. The van der Waals surface area contributed by atoms with Gasteiger partial charge in [0, 0.05) is 16.6 Å². The number of carbonyl (C=O) groups is 1. The van der Waals surface area contributed by atoms with Crippen molar-refractivity contribution in [3.05, 3.63) is 50.7 Å². The summed E-state index contributed by atoms with van der Waals surface area (Å²) in [5.74, 6) is -0.806. The van der Waals surface area contributed by atoms with E-state index in [-0.39, 0.29) is 15.2 Å². The summed E-state index contributed by atoms with van der Waals surface area (Å²) in [6.45, 7) is 2.04. The van der Waals surface area contributed by atoms with Crippen molar-refractivity contribution in [3.63, 3.8) is 0 Å². The Morgan fingerprint density at radius 3 is 2.67 bits per heavy atom. The van der Waals surface area contributed by atoms with Crippen LogP contribution in [0.4, 0.5) is 13.2 Å². The quantitative estimate of drug-likeness (QED) is 0.730. The van der Waals surface area contributed by atoms with Crippen LogP contribution in [0.25, 0.3) is 0 Å². The molecule has 0 spiro atoms. The van der Waals surface area contributed by atoms with E-state index in [1.54, 1.807) is 6.92 Å². The van der Waals surface area contributed by atoms with Gasteiger partial charge in [0.25, 0.3) is 0 Å². The van der Waals surface area contributed by atoms with Crippen LogP contribution >= 0.6 is 27.5 Å². The minimum absolute atomic E-state index is 0.0258. The van der Waals surface area contributed by atoms with Gasteiger partial charge in [-0.2, -0.15) is 18.3 Å². The highest BCUT2D eigenvalue weighted by molar-refractivity contribution is 9.10. The van der Waals surface area contributed by atoms with Gasteiger partial charge in [-0.15, -0.1) is 0 Å². The second-order valence-corrected chi connectivity index (χ2v) is 5.50. The summed E-state index contributed by atoms with van der Waals surface area (Å²) >= 11 is 8.85. The molecule has 1 heterocycles. The molecule has 0 atom stereocenters. The third-order valence-electron chi connectivity index (χ3n) is 2.84. The fraction of sp³-hybridized carbons (Fsp3) is 0.231. The number of benzene rings is 1. The van der Waals surface area contributed by atoms with Crippen LogP contribution in [-0.4, -0.2) is 15.6 Å². The molecule has 0 N–H and O–H groups in total. The molecule has 21 heavy (non-hydrogen) atoms. The van der Waals surface area contributed by atoms with Crippen molar-refractivity contribution >= 4 is 33.3 Å². The molecule has 0 aliphatic heterocycles. The van der Waals surface area contributed by atoms with E-state index in [9.17, 15) is 18.0 Å². The highest BCUT2D eigenvalue weighted by atomic mass is 79.9. The Morgan fingerprint density at radius 1 is 1.43 bits per heavy atom. The Morgan fingerprint density at radius 2 is 2.10 bits per heavy atom. The fourth-order valence-corrected chi connectivity index (χ4v) is 2.49. The minimum atomic E-state index is -4.64. The Hall–Kier alpha value is -1.34. The van der Waals surface area contributed by atoms with Gasteiger partial charge >= 0.3 is 6.18 Å². The topological polar surface area (TPSA) is 34.9 Å². The predicted octanol–water partition coefficient (Wildman–Crippen LogP) is 4.57. The molecule has 2 rings (SSSR count). The molecule has 0 bridgehead atoms. The third kappa shape index (κ3) is 3.13. The van der Waals surface area contributed by atoms with Crippen LogP contribution in [0.15, 0.2) is 28.9 Å². The number of aromatic nitrogens is 2. The second kappa shape index (κ2) is 5.81. The first kappa shape index (κ1) is 16.0. The lowest BCUT2D eigenvalue weighted by Crippen LogP contribution is -2.17. The Bertz CT molecular complexity index is 697. The molecule has 0 fully saturated rings. The number of halogens is 5. The van der Waals surface area contributed by atoms with Crippen LogP contribution in [0, 0.1) is 0 Å². The van der Waals surface area contributed by atoms with Crippen molar-refractivity contribution in [2.75, 3.05) is 0 Å². The Labute approximate surface area is 131 Å². The third-order valence-corrected chi connectivity index (χ3v) is 3.61. The standard InChI is InChI=1S/C13H9BrClF3N2O/c1-2-20-11(10(15)6-19-20)12(21)8-4-3-7(14)5-9(8)13(16,17)18/h3-6H,2H2,1H3. The van der Waals surface area contributed by atoms with Crippen LogP contribution in [-0.2, 0) is 12.7 Å². The number of carbonyl (C=O) groups excluding carboxylic acids is 1. The zero-order valence-electron chi connectivity index (χ0n) is 10.7. The van der Waals surface area contributed by atoms with Crippen LogP contribution in [0.3, 0.4) is 0 Å². The Kier molecular flexibility index (Phi) is 4.43. The molecule has 0 aliphatic carbocycles. The molecule has 8 heteroatoms. The lowest BCUT2D eigenvalue weighted by molar-refractivity contribution is -0.137. The van der Waals surface area contributed by atoms with E-state index in [2.05, 4.69) is 21.0 Å². The van der Waals surface area contributed by atoms with Crippen LogP contribution in [0.1, 0.15) is 28.5 Å². The lowest BCUT2D eigenvalue weighted by Gasteiger charge is -2.13. The molecule has 0 aliphatic rings. The van der Waals surface area contributed by atoms with Gasteiger partial charge < -0.3 is 0 Å². The zero-order chi connectivity index (χ0) is 15.8. The number of hydrogen-bond donors (Lipinski definition) is 0. The molecular weight excluding hydrogens is 373 g/mol. The first-order valence-corrected chi connectivity index (χ1v) is 7.05. The SMILES string of the molecule is CCn1ncc(Cl)c1C(=O)c1ccc(Br)cc1C(F)(F)F. The summed E-state index contributed by atoms with van der Waals surface area (Å²) in [7, 11) is 0. The average Bonchev–Trinajstić information content (AvgIpc) is 2.78. The molecule has 0 saturated heterocycles. The number of hydrogen-bond acceptors (Lipinski definition) is 2. The van der Waals surface area contributed by atoms with Crippen molar-refractivity contribution in [3.8, 4) is 0 Å². The molecular formula is C13H9BrClF3N2O. The number of ketones is 1. The van der Waals surface area contributed by atoms with Gasteiger partial charge in [-0.05, 0) is 25.1 Å². The number of nitrogens with zero attached hydrogens (tertiary/aromatic N) is 2. The number of rotatable bonds is 3. The van der Waals surface area contributed by atoms with Crippen molar-refractivity contribution in [1.82, 2.24) is 9.78 Å². The monoisotopic (exact) mass is 380 g/mol. The lowest BCUT2D eigenvalue weighted by atomic mass is 10.0. The zero-order valence-corrected chi connectivity index (χ0v) is 13.1. The van der Waals surface area contributed by atoms with Crippen molar-refractivity contribution in [2.24, 2.45) is 0 Å². The van der Waals surface area contributed by atoms with E-state index in [1.807, 2.05) is 0 Å². The number of alkyl halides is 3. The molecule has 1 aromatic carbocycles. The van der Waals surface area contributed by atoms with Crippen molar-refractivity contribution < 1.29 is 18.0 Å². The molecule has 3 nitrogen and oxygen atoms in total. The fourth-order valence-electron chi connectivity index (χ4n) is 1.90.